The average Bonchev–Trinajstić information content (AvgIpc) is 2.40. The molecule has 1 atom stereocenters. The van der Waals surface area contributed by atoms with E-state index < -0.39 is 23.2 Å². The van der Waals surface area contributed by atoms with Crippen LogP contribution in [-0.4, -0.2) is 17.3 Å². The number of esters is 1. The SMILES string of the molecule is CCC(C)(C)C(=O)Oc1c(C)cc(C(C)(O)C(F)(F)F)cc1C. The van der Waals surface area contributed by atoms with Crippen molar-refractivity contribution in [2.75, 3.05) is 0 Å². The normalized spacial score (nSPS) is 15.2. The second-order valence-corrected chi connectivity index (χ2v) is 6.64. The van der Waals surface area contributed by atoms with Crippen molar-refractivity contribution < 1.29 is 27.8 Å². The number of carbonyl (C=O) groups is 1. The Hall–Kier alpha value is -1.56. The van der Waals surface area contributed by atoms with Gasteiger partial charge >= 0.3 is 12.1 Å². The van der Waals surface area contributed by atoms with Crippen molar-refractivity contribution in [1.29, 1.82) is 0 Å². The number of hydrogen-bond acceptors (Lipinski definition) is 3. The Balaban J connectivity index is 3.25. The Morgan fingerprint density at radius 3 is 1.91 bits per heavy atom. The highest BCUT2D eigenvalue weighted by Crippen LogP contribution is 2.41. The predicted molar refractivity (Wildman–Crippen MR) is 81.2 cm³/mol. The molecule has 0 saturated carbocycles. The molecule has 0 spiro atoms. The van der Waals surface area contributed by atoms with Crippen LogP contribution in [0.4, 0.5) is 13.2 Å². The number of alkyl halides is 3. The number of halogens is 3. The zero-order chi connectivity index (χ0) is 18.2. The van der Waals surface area contributed by atoms with Crippen molar-refractivity contribution in [3.05, 3.63) is 28.8 Å². The van der Waals surface area contributed by atoms with Gasteiger partial charge < -0.3 is 9.84 Å². The molecule has 1 rings (SSSR count). The molecule has 0 aliphatic rings. The molecule has 0 fully saturated rings. The number of aliphatic hydroxyl groups is 1. The third-order valence-corrected chi connectivity index (χ3v) is 4.21. The van der Waals surface area contributed by atoms with E-state index in [0.717, 1.165) is 0 Å². The first-order valence-corrected chi connectivity index (χ1v) is 7.37. The van der Waals surface area contributed by atoms with Crippen molar-refractivity contribution in [2.24, 2.45) is 5.41 Å². The van der Waals surface area contributed by atoms with E-state index in [1.807, 2.05) is 6.92 Å². The summed E-state index contributed by atoms with van der Waals surface area (Å²) in [6, 6.07) is 2.39. The molecule has 3 nitrogen and oxygen atoms in total. The lowest BCUT2D eigenvalue weighted by Gasteiger charge is -2.28. The fraction of sp³-hybridized carbons (Fsp3) is 0.588. The lowest BCUT2D eigenvalue weighted by Crippen LogP contribution is -2.39. The fourth-order valence-corrected chi connectivity index (χ4v) is 1.93. The average molecular weight is 332 g/mol. The molecule has 1 unspecified atom stereocenters. The smallest absolute Gasteiger partial charge is 0.421 e. The Kier molecular flexibility index (Phi) is 5.21. The highest BCUT2D eigenvalue weighted by atomic mass is 19.4. The maximum absolute atomic E-state index is 13.0. The van der Waals surface area contributed by atoms with Crippen LogP contribution in [0.5, 0.6) is 5.75 Å². The van der Waals surface area contributed by atoms with Gasteiger partial charge in [-0.1, -0.05) is 6.92 Å². The molecule has 0 bridgehead atoms. The van der Waals surface area contributed by atoms with Crippen LogP contribution in [0.2, 0.25) is 0 Å². The lowest BCUT2D eigenvalue weighted by atomic mass is 9.90. The Labute approximate surface area is 134 Å². The van der Waals surface area contributed by atoms with E-state index >= 15 is 0 Å². The topological polar surface area (TPSA) is 46.5 Å². The molecule has 1 aromatic rings. The molecular weight excluding hydrogens is 309 g/mol. The summed E-state index contributed by atoms with van der Waals surface area (Å²) >= 11 is 0. The zero-order valence-corrected chi connectivity index (χ0v) is 14.3. The van der Waals surface area contributed by atoms with Gasteiger partial charge in [0.2, 0.25) is 0 Å². The first-order chi connectivity index (χ1) is 10.2. The molecule has 6 heteroatoms. The van der Waals surface area contributed by atoms with Gasteiger partial charge in [-0.15, -0.1) is 0 Å². The minimum Gasteiger partial charge on any atom is -0.426 e. The van der Waals surface area contributed by atoms with Crippen molar-refractivity contribution in [1.82, 2.24) is 0 Å². The summed E-state index contributed by atoms with van der Waals surface area (Å²) < 4.78 is 44.3. The monoisotopic (exact) mass is 332 g/mol. The van der Waals surface area contributed by atoms with Crippen LogP contribution < -0.4 is 4.74 Å². The summed E-state index contributed by atoms with van der Waals surface area (Å²) in [6.45, 7) is 9.12. The van der Waals surface area contributed by atoms with Crippen LogP contribution in [-0.2, 0) is 10.4 Å². The first-order valence-electron chi connectivity index (χ1n) is 7.37. The quantitative estimate of drug-likeness (QED) is 0.656. The molecule has 0 aromatic heterocycles. The largest absolute Gasteiger partial charge is 0.426 e. The molecular formula is C17H23F3O3. The highest BCUT2D eigenvalue weighted by Gasteiger charge is 2.51. The highest BCUT2D eigenvalue weighted by molar-refractivity contribution is 5.79. The zero-order valence-electron chi connectivity index (χ0n) is 14.3. The standard InChI is InChI=1S/C17H23F3O3/c1-7-15(4,5)14(21)23-13-10(2)8-12(9-11(13)3)16(6,22)17(18,19)20/h8-9,22H,7H2,1-6H3. The van der Waals surface area contributed by atoms with Gasteiger partial charge in [-0.2, -0.15) is 13.2 Å². The van der Waals surface area contributed by atoms with Crippen LogP contribution in [0.3, 0.4) is 0 Å². The van der Waals surface area contributed by atoms with Gasteiger partial charge in [0.05, 0.1) is 5.41 Å². The molecule has 130 valence electrons. The van der Waals surface area contributed by atoms with Crippen molar-refractivity contribution in [2.45, 2.75) is 59.7 Å². The molecule has 23 heavy (non-hydrogen) atoms. The van der Waals surface area contributed by atoms with Crippen LogP contribution in [0, 0.1) is 19.3 Å². The van der Waals surface area contributed by atoms with Gasteiger partial charge in [0.25, 0.3) is 0 Å². The van der Waals surface area contributed by atoms with E-state index in [-0.39, 0.29) is 11.3 Å². The van der Waals surface area contributed by atoms with Gasteiger partial charge in [0.15, 0.2) is 5.60 Å². The van der Waals surface area contributed by atoms with Crippen LogP contribution in [0.1, 0.15) is 50.8 Å². The molecule has 0 amide bonds. The van der Waals surface area contributed by atoms with Crippen LogP contribution in [0.25, 0.3) is 0 Å². The van der Waals surface area contributed by atoms with Crippen molar-refractivity contribution in [3.63, 3.8) is 0 Å². The number of benzene rings is 1. The van der Waals surface area contributed by atoms with Crippen LogP contribution in [0.15, 0.2) is 12.1 Å². The Bertz CT molecular complexity index is 579. The molecule has 0 heterocycles. The second kappa shape index (κ2) is 6.15. The minimum absolute atomic E-state index is 0.234. The maximum Gasteiger partial charge on any atom is 0.421 e. The van der Waals surface area contributed by atoms with E-state index in [2.05, 4.69) is 0 Å². The molecule has 0 aliphatic heterocycles. The van der Waals surface area contributed by atoms with Gasteiger partial charge in [-0.05, 0) is 69.9 Å². The van der Waals surface area contributed by atoms with Gasteiger partial charge in [-0.3, -0.25) is 4.79 Å². The number of aryl methyl sites for hydroxylation is 2. The number of ether oxygens (including phenoxy) is 1. The Morgan fingerprint density at radius 2 is 1.57 bits per heavy atom. The summed E-state index contributed by atoms with van der Waals surface area (Å²) in [7, 11) is 0. The van der Waals surface area contributed by atoms with E-state index in [1.165, 1.54) is 12.1 Å². The van der Waals surface area contributed by atoms with Crippen molar-refractivity contribution in [3.8, 4) is 5.75 Å². The fourth-order valence-electron chi connectivity index (χ4n) is 1.93. The Morgan fingerprint density at radius 1 is 1.13 bits per heavy atom. The second-order valence-electron chi connectivity index (χ2n) is 6.64. The number of rotatable bonds is 4. The minimum atomic E-state index is -4.80. The third kappa shape index (κ3) is 3.86. The summed E-state index contributed by atoms with van der Waals surface area (Å²) in [4.78, 5) is 12.2. The van der Waals surface area contributed by atoms with Gasteiger partial charge in [0.1, 0.15) is 5.75 Å². The van der Waals surface area contributed by atoms with Gasteiger partial charge in [0, 0.05) is 0 Å². The van der Waals surface area contributed by atoms with Crippen LogP contribution >= 0.6 is 0 Å². The number of carbonyl (C=O) groups excluding carboxylic acids is 1. The van der Waals surface area contributed by atoms with E-state index in [0.29, 0.717) is 24.5 Å². The van der Waals surface area contributed by atoms with E-state index in [9.17, 15) is 23.1 Å². The maximum atomic E-state index is 13.0. The first kappa shape index (κ1) is 19.5. The summed E-state index contributed by atoms with van der Waals surface area (Å²) in [5, 5.41) is 9.78. The summed E-state index contributed by atoms with van der Waals surface area (Å²) in [5.41, 5.74) is -3.20. The molecule has 0 radical (unpaired) electrons. The van der Waals surface area contributed by atoms with E-state index in [4.69, 9.17) is 4.74 Å². The molecule has 1 N–H and O–H groups in total. The van der Waals surface area contributed by atoms with Gasteiger partial charge in [-0.25, -0.2) is 0 Å². The predicted octanol–water partition coefficient (Wildman–Crippen LogP) is 4.41. The summed E-state index contributed by atoms with van der Waals surface area (Å²) in [6.07, 6.45) is -4.22. The summed E-state index contributed by atoms with van der Waals surface area (Å²) in [5.74, 6) is -0.209. The lowest BCUT2D eigenvalue weighted by molar-refractivity contribution is -0.258. The number of hydrogen-bond donors (Lipinski definition) is 1. The molecule has 1 aromatic carbocycles. The third-order valence-electron chi connectivity index (χ3n) is 4.21. The van der Waals surface area contributed by atoms with Crippen molar-refractivity contribution >= 4 is 5.97 Å². The molecule has 0 saturated heterocycles. The van der Waals surface area contributed by atoms with E-state index in [1.54, 1.807) is 27.7 Å². The molecule has 0 aliphatic carbocycles.